The van der Waals surface area contributed by atoms with Gasteiger partial charge < -0.3 is 14.4 Å². The lowest BCUT2D eigenvalue weighted by molar-refractivity contribution is -0.119. The molecule has 2 aliphatic heterocycles. The van der Waals surface area contributed by atoms with E-state index in [1.165, 1.54) is 11.3 Å². The Hall–Kier alpha value is -1.99. The molecule has 0 aliphatic carbocycles. The normalized spacial score (nSPS) is 21.3. The molecule has 2 aliphatic rings. The molecule has 2 aromatic heterocycles. The number of pyridine rings is 1. The van der Waals surface area contributed by atoms with Gasteiger partial charge in [-0.2, -0.15) is 0 Å². The monoisotopic (exact) mass is 359 g/mol. The number of nitrogens with zero attached hydrogens (tertiary/aromatic N) is 3. The van der Waals surface area contributed by atoms with E-state index in [-0.39, 0.29) is 11.5 Å². The minimum Gasteiger partial charge on any atom is -0.492 e. The van der Waals surface area contributed by atoms with E-state index < -0.39 is 0 Å². The van der Waals surface area contributed by atoms with Crippen molar-refractivity contribution in [3.05, 3.63) is 40.6 Å². The summed E-state index contributed by atoms with van der Waals surface area (Å²) in [4.78, 5) is 22.7. The molecule has 2 aromatic rings. The van der Waals surface area contributed by atoms with Gasteiger partial charge in [0.05, 0.1) is 30.9 Å². The standard InChI is InChI=1S/C18H21N3O3S/c1-13-20-16(10-25-13)17(22)21-11-18(12-21)14(5-8-24-18)4-7-23-15-3-2-6-19-9-15/h2-3,6,9-10,14H,4-5,7-8,11-12H2,1H3/t14-/m0/s1. The molecule has 0 aromatic carbocycles. The molecule has 6 nitrogen and oxygen atoms in total. The SMILES string of the molecule is Cc1nc(C(=O)N2CC3(C2)OCC[C@@H]3CCOc2cccnc2)cs1. The summed E-state index contributed by atoms with van der Waals surface area (Å²) in [5.41, 5.74) is 0.353. The van der Waals surface area contributed by atoms with Gasteiger partial charge in [-0.3, -0.25) is 9.78 Å². The van der Waals surface area contributed by atoms with Crippen LogP contribution in [0.4, 0.5) is 0 Å². The fourth-order valence-electron chi connectivity index (χ4n) is 3.66. The van der Waals surface area contributed by atoms with E-state index >= 15 is 0 Å². The van der Waals surface area contributed by atoms with Crippen molar-refractivity contribution in [2.45, 2.75) is 25.4 Å². The summed E-state index contributed by atoms with van der Waals surface area (Å²) in [6.45, 7) is 4.62. The van der Waals surface area contributed by atoms with Crippen LogP contribution >= 0.6 is 11.3 Å². The van der Waals surface area contributed by atoms with Gasteiger partial charge >= 0.3 is 0 Å². The Kier molecular flexibility index (Phi) is 4.43. The highest BCUT2D eigenvalue weighted by molar-refractivity contribution is 7.09. The Morgan fingerprint density at radius 3 is 3.12 bits per heavy atom. The Labute approximate surface area is 150 Å². The molecule has 4 heterocycles. The second kappa shape index (κ2) is 6.72. The van der Waals surface area contributed by atoms with Crippen LogP contribution in [0.1, 0.15) is 28.3 Å². The minimum atomic E-state index is -0.195. The summed E-state index contributed by atoms with van der Waals surface area (Å²) in [6, 6.07) is 3.78. The first-order chi connectivity index (χ1) is 12.2. The van der Waals surface area contributed by atoms with Crippen LogP contribution < -0.4 is 4.74 Å². The van der Waals surface area contributed by atoms with Gasteiger partial charge in [-0.15, -0.1) is 11.3 Å². The number of carbonyl (C=O) groups is 1. The fourth-order valence-corrected chi connectivity index (χ4v) is 4.25. The van der Waals surface area contributed by atoms with Crippen molar-refractivity contribution >= 4 is 17.2 Å². The first-order valence-electron chi connectivity index (χ1n) is 8.54. The molecule has 4 rings (SSSR count). The third-order valence-corrected chi connectivity index (χ3v) is 5.79. The lowest BCUT2D eigenvalue weighted by Crippen LogP contribution is -2.66. The van der Waals surface area contributed by atoms with Crippen molar-refractivity contribution in [1.29, 1.82) is 0 Å². The zero-order chi connectivity index (χ0) is 17.3. The largest absolute Gasteiger partial charge is 0.492 e. The predicted octanol–water partition coefficient (Wildman–Crippen LogP) is 2.55. The zero-order valence-corrected chi connectivity index (χ0v) is 15.0. The maximum Gasteiger partial charge on any atom is 0.273 e. The first kappa shape index (κ1) is 16.5. The zero-order valence-electron chi connectivity index (χ0n) is 14.2. The van der Waals surface area contributed by atoms with Gasteiger partial charge in [0, 0.05) is 18.2 Å². The van der Waals surface area contributed by atoms with E-state index in [1.54, 1.807) is 12.4 Å². The van der Waals surface area contributed by atoms with Crippen molar-refractivity contribution in [3.63, 3.8) is 0 Å². The fraction of sp³-hybridized carbons (Fsp3) is 0.500. The van der Waals surface area contributed by atoms with E-state index in [0.29, 0.717) is 31.3 Å². The molecule has 132 valence electrons. The summed E-state index contributed by atoms with van der Waals surface area (Å²) in [5.74, 6) is 1.22. The molecule has 2 fully saturated rings. The molecule has 1 amide bonds. The number of likely N-dealkylation sites (tertiary alicyclic amines) is 1. The highest BCUT2D eigenvalue weighted by Gasteiger charge is 2.54. The van der Waals surface area contributed by atoms with Gasteiger partial charge in [0.2, 0.25) is 0 Å². The number of amides is 1. The number of hydrogen-bond donors (Lipinski definition) is 0. The molecule has 1 atom stereocenters. The molecule has 0 bridgehead atoms. The summed E-state index contributed by atoms with van der Waals surface area (Å²) in [7, 11) is 0. The van der Waals surface area contributed by atoms with Crippen LogP contribution in [0.3, 0.4) is 0 Å². The number of aryl methyl sites for hydroxylation is 1. The number of carbonyl (C=O) groups excluding carboxylic acids is 1. The predicted molar refractivity (Wildman–Crippen MR) is 93.9 cm³/mol. The summed E-state index contributed by atoms with van der Waals surface area (Å²) in [5, 5.41) is 2.75. The molecule has 25 heavy (non-hydrogen) atoms. The Bertz CT molecular complexity index is 743. The van der Waals surface area contributed by atoms with Gasteiger partial charge in [-0.1, -0.05) is 0 Å². The molecular formula is C18H21N3O3S. The van der Waals surface area contributed by atoms with E-state index in [2.05, 4.69) is 9.97 Å². The third-order valence-electron chi connectivity index (χ3n) is 5.01. The molecule has 2 saturated heterocycles. The topological polar surface area (TPSA) is 64.6 Å². The van der Waals surface area contributed by atoms with Crippen LogP contribution in [0.15, 0.2) is 29.9 Å². The van der Waals surface area contributed by atoms with Crippen LogP contribution in [0.25, 0.3) is 0 Å². The van der Waals surface area contributed by atoms with Crippen molar-refractivity contribution in [3.8, 4) is 5.75 Å². The first-order valence-corrected chi connectivity index (χ1v) is 9.42. The van der Waals surface area contributed by atoms with Gasteiger partial charge in [0.25, 0.3) is 5.91 Å². The highest BCUT2D eigenvalue weighted by Crippen LogP contribution is 2.42. The molecule has 7 heteroatoms. The van der Waals surface area contributed by atoms with Crippen LogP contribution in [0.2, 0.25) is 0 Å². The van der Waals surface area contributed by atoms with Gasteiger partial charge in [-0.25, -0.2) is 4.98 Å². The van der Waals surface area contributed by atoms with Crippen molar-refractivity contribution in [2.75, 3.05) is 26.3 Å². The number of aromatic nitrogens is 2. The van der Waals surface area contributed by atoms with Crippen LogP contribution in [0.5, 0.6) is 5.75 Å². The van der Waals surface area contributed by atoms with E-state index in [1.807, 2.05) is 29.3 Å². The molecule has 1 spiro atoms. The smallest absolute Gasteiger partial charge is 0.273 e. The van der Waals surface area contributed by atoms with E-state index in [4.69, 9.17) is 9.47 Å². The minimum absolute atomic E-state index is 0.0100. The van der Waals surface area contributed by atoms with E-state index in [9.17, 15) is 4.79 Å². The van der Waals surface area contributed by atoms with Crippen molar-refractivity contribution in [2.24, 2.45) is 5.92 Å². The maximum absolute atomic E-state index is 12.5. The van der Waals surface area contributed by atoms with Crippen molar-refractivity contribution in [1.82, 2.24) is 14.9 Å². The Morgan fingerprint density at radius 1 is 1.52 bits per heavy atom. The van der Waals surface area contributed by atoms with Crippen molar-refractivity contribution < 1.29 is 14.3 Å². The number of hydrogen-bond acceptors (Lipinski definition) is 6. The number of rotatable bonds is 5. The molecule has 0 radical (unpaired) electrons. The Morgan fingerprint density at radius 2 is 2.40 bits per heavy atom. The lowest BCUT2D eigenvalue weighted by Gasteiger charge is -2.50. The average Bonchev–Trinajstić information content (AvgIpc) is 3.20. The summed E-state index contributed by atoms with van der Waals surface area (Å²) >= 11 is 1.51. The summed E-state index contributed by atoms with van der Waals surface area (Å²) < 4.78 is 11.8. The van der Waals surface area contributed by atoms with Crippen LogP contribution in [-0.4, -0.2) is 52.7 Å². The molecule has 0 unspecified atom stereocenters. The van der Waals surface area contributed by atoms with Gasteiger partial charge in [0.15, 0.2) is 0 Å². The molecule has 0 N–H and O–H groups in total. The summed E-state index contributed by atoms with van der Waals surface area (Å²) in [6.07, 6.45) is 5.40. The van der Waals surface area contributed by atoms with E-state index in [0.717, 1.165) is 30.2 Å². The second-order valence-corrected chi connectivity index (χ2v) is 7.70. The number of ether oxygens (including phenoxy) is 2. The highest BCUT2D eigenvalue weighted by atomic mass is 32.1. The third kappa shape index (κ3) is 3.26. The molecule has 0 saturated carbocycles. The lowest BCUT2D eigenvalue weighted by atomic mass is 9.79. The van der Waals surface area contributed by atoms with Gasteiger partial charge in [0.1, 0.15) is 17.0 Å². The Balaban J connectivity index is 1.31. The average molecular weight is 359 g/mol. The number of thiazole rings is 1. The van der Waals surface area contributed by atoms with Crippen LogP contribution in [0, 0.1) is 12.8 Å². The van der Waals surface area contributed by atoms with Crippen LogP contribution in [-0.2, 0) is 4.74 Å². The molecular weight excluding hydrogens is 338 g/mol. The second-order valence-electron chi connectivity index (χ2n) is 6.64. The quantitative estimate of drug-likeness (QED) is 0.821. The van der Waals surface area contributed by atoms with Gasteiger partial charge in [-0.05, 0) is 37.8 Å². The maximum atomic E-state index is 12.5.